The van der Waals surface area contributed by atoms with Crippen molar-refractivity contribution in [1.29, 1.82) is 10.5 Å². The quantitative estimate of drug-likeness (QED) is 0.466. The van der Waals surface area contributed by atoms with E-state index >= 15 is 0 Å². The SMILES string of the molecule is COc1ccc([C@@H]2[C@@H](C(=O)c3ccc(C)cc3)N3c4ccccc4C=C[C@@H]3C2(C#N)C#N)cc1OC. The predicted octanol–water partition coefficient (Wildman–Crippen LogP) is 5.30. The Labute approximate surface area is 210 Å². The molecule has 0 bridgehead atoms. The van der Waals surface area contributed by atoms with Crippen molar-refractivity contribution in [2.75, 3.05) is 19.1 Å². The molecule has 0 N–H and O–H groups in total. The Morgan fingerprint density at radius 3 is 2.31 bits per heavy atom. The molecule has 3 aromatic carbocycles. The first-order valence-electron chi connectivity index (χ1n) is 11.7. The lowest BCUT2D eigenvalue weighted by atomic mass is 9.69. The molecular formula is C30H25N3O3. The fourth-order valence-electron chi connectivity index (χ4n) is 5.54. The van der Waals surface area contributed by atoms with E-state index in [0.29, 0.717) is 22.6 Å². The lowest BCUT2D eigenvalue weighted by Crippen LogP contribution is -2.44. The number of fused-ring (bicyclic) bond motifs is 3. The first-order valence-corrected chi connectivity index (χ1v) is 11.7. The fraction of sp³-hybridized carbons (Fsp3) is 0.233. The average molecular weight is 476 g/mol. The van der Waals surface area contributed by atoms with Crippen LogP contribution in [0.4, 0.5) is 5.69 Å². The molecule has 3 aromatic rings. The van der Waals surface area contributed by atoms with E-state index < -0.39 is 23.4 Å². The number of anilines is 1. The van der Waals surface area contributed by atoms with Crippen LogP contribution in [0.25, 0.3) is 6.08 Å². The number of aryl methyl sites for hydroxylation is 1. The standard InChI is InChI=1S/C30H25N3O3/c1-19-8-10-21(11-9-19)29(34)28-27(22-12-14-24(35-2)25(16-22)36-3)30(17-31,18-32)26-15-13-20-6-4-5-7-23(20)33(26)28/h4-16,26-28H,1-3H3/t26-,27-,28+/m1/s1. The monoisotopic (exact) mass is 475 g/mol. The van der Waals surface area contributed by atoms with Crippen LogP contribution in [0.3, 0.4) is 0 Å². The summed E-state index contributed by atoms with van der Waals surface area (Å²) in [6.45, 7) is 1.97. The van der Waals surface area contributed by atoms with Crippen LogP contribution < -0.4 is 14.4 Å². The van der Waals surface area contributed by atoms with E-state index in [0.717, 1.165) is 16.8 Å². The van der Waals surface area contributed by atoms with Crippen LogP contribution in [-0.4, -0.2) is 32.1 Å². The van der Waals surface area contributed by atoms with E-state index in [1.54, 1.807) is 19.2 Å². The summed E-state index contributed by atoms with van der Waals surface area (Å²) in [7, 11) is 3.09. The van der Waals surface area contributed by atoms with Crippen molar-refractivity contribution >= 4 is 17.5 Å². The maximum absolute atomic E-state index is 14.3. The molecule has 0 aromatic heterocycles. The Morgan fingerprint density at radius 2 is 1.64 bits per heavy atom. The van der Waals surface area contributed by atoms with Gasteiger partial charge in [-0.15, -0.1) is 0 Å². The average Bonchev–Trinajstić information content (AvgIpc) is 3.23. The highest BCUT2D eigenvalue weighted by Gasteiger charge is 2.63. The second-order valence-electron chi connectivity index (χ2n) is 9.13. The minimum atomic E-state index is -1.52. The molecule has 0 amide bonds. The van der Waals surface area contributed by atoms with Gasteiger partial charge in [0.15, 0.2) is 22.7 Å². The fourth-order valence-corrected chi connectivity index (χ4v) is 5.54. The van der Waals surface area contributed by atoms with Gasteiger partial charge >= 0.3 is 0 Å². The molecule has 178 valence electrons. The Hall–Kier alpha value is -4.55. The molecular weight excluding hydrogens is 450 g/mol. The largest absolute Gasteiger partial charge is 0.493 e. The molecule has 2 aliphatic rings. The zero-order valence-electron chi connectivity index (χ0n) is 20.3. The summed E-state index contributed by atoms with van der Waals surface area (Å²) in [6.07, 6.45) is 3.81. The maximum Gasteiger partial charge on any atom is 0.185 e. The number of ketones is 1. The summed E-state index contributed by atoms with van der Waals surface area (Å²) in [5, 5.41) is 21.1. The number of benzene rings is 3. The number of nitrogens with zero attached hydrogens (tertiary/aromatic N) is 3. The van der Waals surface area contributed by atoms with Crippen molar-refractivity contribution < 1.29 is 14.3 Å². The Balaban J connectivity index is 1.78. The molecule has 1 saturated heterocycles. The zero-order valence-corrected chi connectivity index (χ0v) is 20.3. The van der Waals surface area contributed by atoms with Crippen LogP contribution >= 0.6 is 0 Å². The molecule has 0 radical (unpaired) electrons. The third-order valence-electron chi connectivity index (χ3n) is 7.29. The first kappa shape index (κ1) is 23.2. The first-order chi connectivity index (χ1) is 17.5. The van der Waals surface area contributed by atoms with Crippen LogP contribution in [0.5, 0.6) is 11.5 Å². The topological polar surface area (TPSA) is 86.4 Å². The zero-order chi connectivity index (χ0) is 25.4. The number of carbonyl (C=O) groups excluding carboxylic acids is 1. The molecule has 6 heteroatoms. The molecule has 36 heavy (non-hydrogen) atoms. The number of nitriles is 2. The predicted molar refractivity (Wildman–Crippen MR) is 137 cm³/mol. The normalized spacial score (nSPS) is 21.0. The van der Waals surface area contributed by atoms with E-state index in [1.807, 2.05) is 78.6 Å². The van der Waals surface area contributed by atoms with Crippen molar-refractivity contribution in [3.63, 3.8) is 0 Å². The summed E-state index contributed by atoms with van der Waals surface area (Å²) < 4.78 is 10.9. The highest BCUT2D eigenvalue weighted by Crippen LogP contribution is 2.56. The number of methoxy groups -OCH3 is 2. The number of para-hydroxylation sites is 1. The van der Waals surface area contributed by atoms with Gasteiger partial charge in [0, 0.05) is 17.2 Å². The van der Waals surface area contributed by atoms with Crippen LogP contribution in [0.2, 0.25) is 0 Å². The number of hydrogen-bond acceptors (Lipinski definition) is 6. The van der Waals surface area contributed by atoms with Gasteiger partial charge < -0.3 is 14.4 Å². The van der Waals surface area contributed by atoms with Gasteiger partial charge in [-0.1, -0.05) is 66.2 Å². The Bertz CT molecular complexity index is 1430. The Kier molecular flexibility index (Phi) is 5.74. The second-order valence-corrected chi connectivity index (χ2v) is 9.13. The second kappa shape index (κ2) is 8.91. The number of carbonyl (C=O) groups is 1. The van der Waals surface area contributed by atoms with E-state index in [9.17, 15) is 15.3 Å². The molecule has 5 rings (SSSR count). The lowest BCUT2D eigenvalue weighted by molar-refractivity contribution is 0.0951. The van der Waals surface area contributed by atoms with Gasteiger partial charge in [-0.3, -0.25) is 4.79 Å². The minimum absolute atomic E-state index is 0.141. The highest BCUT2D eigenvalue weighted by molar-refractivity contribution is 6.04. The van der Waals surface area contributed by atoms with Gasteiger partial charge in [0.2, 0.25) is 0 Å². The number of rotatable bonds is 5. The molecule has 0 aliphatic carbocycles. The third kappa shape index (κ3) is 3.34. The van der Waals surface area contributed by atoms with E-state index in [-0.39, 0.29) is 5.78 Å². The van der Waals surface area contributed by atoms with Gasteiger partial charge in [0.1, 0.15) is 6.04 Å². The van der Waals surface area contributed by atoms with Gasteiger partial charge in [0.25, 0.3) is 0 Å². The summed E-state index contributed by atoms with van der Waals surface area (Å²) in [6, 6.07) is 23.8. The van der Waals surface area contributed by atoms with Gasteiger partial charge in [-0.2, -0.15) is 10.5 Å². The van der Waals surface area contributed by atoms with Crippen LogP contribution in [-0.2, 0) is 0 Å². The van der Waals surface area contributed by atoms with Crippen molar-refractivity contribution in [3.05, 3.63) is 95.1 Å². The maximum atomic E-state index is 14.3. The molecule has 1 fully saturated rings. The van der Waals surface area contributed by atoms with Gasteiger partial charge in [-0.25, -0.2) is 0 Å². The molecule has 2 heterocycles. The summed E-state index contributed by atoms with van der Waals surface area (Å²) in [5.74, 6) is 0.115. The molecule has 0 unspecified atom stereocenters. The Morgan fingerprint density at radius 1 is 0.944 bits per heavy atom. The summed E-state index contributed by atoms with van der Waals surface area (Å²) >= 11 is 0. The van der Waals surface area contributed by atoms with E-state index in [4.69, 9.17) is 9.47 Å². The molecule has 3 atom stereocenters. The summed E-state index contributed by atoms with van der Waals surface area (Å²) in [4.78, 5) is 16.2. The smallest absolute Gasteiger partial charge is 0.185 e. The summed E-state index contributed by atoms with van der Waals surface area (Å²) in [5.41, 5.74) is 2.49. The number of Topliss-reactive ketones (excluding diaryl/α,β-unsaturated/α-hetero) is 1. The van der Waals surface area contributed by atoms with Gasteiger partial charge in [0.05, 0.1) is 32.4 Å². The van der Waals surface area contributed by atoms with Gasteiger partial charge in [-0.05, 0) is 36.2 Å². The number of hydrogen-bond donors (Lipinski definition) is 0. The van der Waals surface area contributed by atoms with E-state index in [2.05, 4.69) is 12.1 Å². The van der Waals surface area contributed by atoms with Crippen molar-refractivity contribution in [3.8, 4) is 23.6 Å². The van der Waals surface area contributed by atoms with Crippen molar-refractivity contribution in [2.45, 2.75) is 24.9 Å². The molecule has 0 saturated carbocycles. The lowest BCUT2D eigenvalue weighted by Gasteiger charge is -2.35. The van der Waals surface area contributed by atoms with Crippen LogP contribution in [0, 0.1) is 35.0 Å². The molecule has 6 nitrogen and oxygen atoms in total. The highest BCUT2D eigenvalue weighted by atomic mass is 16.5. The third-order valence-corrected chi connectivity index (χ3v) is 7.29. The number of ether oxygens (including phenoxy) is 2. The van der Waals surface area contributed by atoms with Crippen molar-refractivity contribution in [1.82, 2.24) is 0 Å². The van der Waals surface area contributed by atoms with Crippen LogP contribution in [0.1, 0.15) is 33.0 Å². The van der Waals surface area contributed by atoms with Crippen LogP contribution in [0.15, 0.2) is 72.8 Å². The van der Waals surface area contributed by atoms with Crippen molar-refractivity contribution in [2.24, 2.45) is 5.41 Å². The molecule has 0 spiro atoms. The van der Waals surface area contributed by atoms with E-state index in [1.165, 1.54) is 7.11 Å². The molecule has 2 aliphatic heterocycles. The minimum Gasteiger partial charge on any atom is -0.493 e.